The SMILES string of the molecule is CCCCn1c(-c2ccccc2)c[n+]2ccc(C)cc12. The van der Waals surface area contributed by atoms with Crippen LogP contribution in [0.4, 0.5) is 0 Å². The third-order valence-corrected chi connectivity index (χ3v) is 3.75. The van der Waals surface area contributed by atoms with Gasteiger partial charge in [0.1, 0.15) is 6.20 Å². The first-order valence-electron chi connectivity index (χ1n) is 7.36. The van der Waals surface area contributed by atoms with E-state index in [0.717, 1.165) is 6.54 Å². The van der Waals surface area contributed by atoms with Gasteiger partial charge in [-0.15, -0.1) is 0 Å². The monoisotopic (exact) mass is 265 g/mol. The minimum atomic E-state index is 1.07. The molecule has 0 unspecified atom stereocenters. The van der Waals surface area contributed by atoms with E-state index in [-0.39, 0.29) is 0 Å². The van der Waals surface area contributed by atoms with Crippen LogP contribution in [0, 0.1) is 6.92 Å². The third kappa shape index (κ3) is 2.34. The predicted octanol–water partition coefficient (Wildman–Crippen LogP) is 4.00. The highest BCUT2D eigenvalue weighted by atomic mass is 15.1. The van der Waals surface area contributed by atoms with Crippen molar-refractivity contribution in [1.29, 1.82) is 0 Å². The number of hydrogen-bond acceptors (Lipinski definition) is 0. The van der Waals surface area contributed by atoms with E-state index in [0.29, 0.717) is 0 Å². The molecule has 0 saturated carbocycles. The normalized spacial score (nSPS) is 11.1. The molecule has 2 nitrogen and oxygen atoms in total. The van der Waals surface area contributed by atoms with Crippen molar-refractivity contribution in [3.05, 3.63) is 60.4 Å². The van der Waals surface area contributed by atoms with Crippen molar-refractivity contribution < 1.29 is 4.40 Å². The lowest BCUT2D eigenvalue weighted by Gasteiger charge is -2.02. The fourth-order valence-corrected chi connectivity index (χ4v) is 2.64. The molecule has 0 aliphatic rings. The smallest absolute Gasteiger partial charge is 0.223 e. The second-order valence-corrected chi connectivity index (χ2v) is 5.36. The van der Waals surface area contributed by atoms with Crippen LogP contribution < -0.4 is 4.40 Å². The quantitative estimate of drug-likeness (QED) is 0.631. The Balaban J connectivity index is 2.19. The zero-order chi connectivity index (χ0) is 13.9. The lowest BCUT2D eigenvalue weighted by molar-refractivity contribution is -0.510. The number of aromatic nitrogens is 2. The summed E-state index contributed by atoms with van der Waals surface area (Å²) in [6.07, 6.45) is 6.81. The standard InChI is InChI=1S/C18H21N2/c1-3-4-11-20-17(16-8-6-5-7-9-16)14-19-12-10-15(2)13-18(19)20/h5-10,12-14H,3-4,11H2,1-2H3/q+1. The van der Waals surface area contributed by atoms with Gasteiger partial charge in [-0.3, -0.25) is 0 Å². The first-order chi connectivity index (χ1) is 9.79. The Morgan fingerprint density at radius 2 is 1.90 bits per heavy atom. The molecule has 0 atom stereocenters. The molecule has 102 valence electrons. The van der Waals surface area contributed by atoms with Gasteiger partial charge in [-0.2, -0.15) is 0 Å². The van der Waals surface area contributed by atoms with Crippen molar-refractivity contribution in [2.24, 2.45) is 0 Å². The number of aryl methyl sites for hydroxylation is 2. The molecule has 0 fully saturated rings. The van der Waals surface area contributed by atoms with Gasteiger partial charge >= 0.3 is 0 Å². The highest BCUT2D eigenvalue weighted by molar-refractivity contribution is 5.61. The molecule has 0 bridgehead atoms. The minimum Gasteiger partial charge on any atom is -0.223 e. The van der Waals surface area contributed by atoms with Crippen molar-refractivity contribution in [2.75, 3.05) is 0 Å². The molecule has 3 aromatic rings. The zero-order valence-corrected chi connectivity index (χ0v) is 12.2. The number of hydrogen-bond donors (Lipinski definition) is 0. The largest absolute Gasteiger partial charge is 0.286 e. The van der Waals surface area contributed by atoms with Crippen LogP contribution in [0.3, 0.4) is 0 Å². The van der Waals surface area contributed by atoms with Crippen molar-refractivity contribution in [3.8, 4) is 11.3 Å². The fraction of sp³-hybridized carbons (Fsp3) is 0.278. The summed E-state index contributed by atoms with van der Waals surface area (Å²) in [5.74, 6) is 0. The van der Waals surface area contributed by atoms with E-state index in [1.54, 1.807) is 0 Å². The van der Waals surface area contributed by atoms with Gasteiger partial charge in [0.25, 0.3) is 5.65 Å². The average Bonchev–Trinajstić information content (AvgIpc) is 2.84. The summed E-state index contributed by atoms with van der Waals surface area (Å²) in [5, 5.41) is 0. The topological polar surface area (TPSA) is 9.03 Å². The average molecular weight is 265 g/mol. The van der Waals surface area contributed by atoms with Crippen LogP contribution in [0.2, 0.25) is 0 Å². The Kier molecular flexibility index (Phi) is 3.55. The van der Waals surface area contributed by atoms with Crippen molar-refractivity contribution in [1.82, 2.24) is 4.57 Å². The van der Waals surface area contributed by atoms with Gasteiger partial charge in [0.2, 0.25) is 0 Å². The molecule has 2 heteroatoms. The maximum Gasteiger partial charge on any atom is 0.286 e. The molecule has 3 rings (SSSR count). The van der Waals surface area contributed by atoms with Crippen LogP contribution in [0.1, 0.15) is 25.3 Å². The first kappa shape index (κ1) is 12.9. The number of pyridine rings is 1. The second-order valence-electron chi connectivity index (χ2n) is 5.36. The van der Waals surface area contributed by atoms with Crippen molar-refractivity contribution in [3.63, 3.8) is 0 Å². The van der Waals surface area contributed by atoms with Crippen LogP contribution in [0.5, 0.6) is 0 Å². The molecular formula is C18H21N2+. The molecule has 0 amide bonds. The molecule has 0 saturated heterocycles. The van der Waals surface area contributed by atoms with Crippen molar-refractivity contribution in [2.45, 2.75) is 33.2 Å². The summed E-state index contributed by atoms with van der Waals surface area (Å²) in [4.78, 5) is 0. The zero-order valence-electron chi connectivity index (χ0n) is 12.2. The summed E-state index contributed by atoms with van der Waals surface area (Å²) in [6, 6.07) is 15.1. The molecule has 20 heavy (non-hydrogen) atoms. The molecular weight excluding hydrogens is 244 g/mol. The molecule has 2 aromatic heterocycles. The van der Waals surface area contributed by atoms with E-state index in [1.165, 1.54) is 35.3 Å². The van der Waals surface area contributed by atoms with Gasteiger partial charge in [-0.25, -0.2) is 8.97 Å². The van der Waals surface area contributed by atoms with Crippen molar-refractivity contribution >= 4 is 5.65 Å². The van der Waals surface area contributed by atoms with E-state index in [9.17, 15) is 0 Å². The van der Waals surface area contributed by atoms with Gasteiger partial charge < -0.3 is 0 Å². The number of imidazole rings is 1. The maximum absolute atomic E-state index is 2.44. The molecule has 0 N–H and O–H groups in total. The van der Waals surface area contributed by atoms with E-state index in [4.69, 9.17) is 0 Å². The maximum atomic E-state index is 2.44. The van der Waals surface area contributed by atoms with E-state index in [1.807, 2.05) is 0 Å². The Morgan fingerprint density at radius 3 is 2.65 bits per heavy atom. The molecule has 0 aliphatic heterocycles. The second kappa shape index (κ2) is 5.49. The number of fused-ring (bicyclic) bond motifs is 1. The molecule has 0 radical (unpaired) electrons. The van der Waals surface area contributed by atoms with Gasteiger partial charge in [0.05, 0.1) is 12.7 Å². The number of nitrogens with zero attached hydrogens (tertiary/aromatic N) is 2. The Bertz CT molecular complexity index is 711. The fourth-order valence-electron chi connectivity index (χ4n) is 2.64. The third-order valence-electron chi connectivity index (χ3n) is 3.75. The van der Waals surface area contributed by atoms with E-state index < -0.39 is 0 Å². The number of unbranched alkanes of at least 4 members (excludes halogenated alkanes) is 1. The summed E-state index contributed by atoms with van der Waals surface area (Å²) in [7, 11) is 0. The molecule has 0 aliphatic carbocycles. The summed E-state index contributed by atoms with van der Waals surface area (Å²) in [6.45, 7) is 5.46. The summed E-state index contributed by atoms with van der Waals surface area (Å²) in [5.41, 5.74) is 5.16. The van der Waals surface area contributed by atoms with Gasteiger partial charge in [0, 0.05) is 11.6 Å². The van der Waals surface area contributed by atoms with Gasteiger partial charge in [-0.05, 0) is 25.0 Å². The highest BCUT2D eigenvalue weighted by Gasteiger charge is 2.18. The van der Waals surface area contributed by atoms with E-state index >= 15 is 0 Å². The van der Waals surface area contributed by atoms with Crippen LogP contribution in [0.15, 0.2) is 54.9 Å². The van der Waals surface area contributed by atoms with Crippen LogP contribution in [-0.2, 0) is 6.54 Å². The lowest BCUT2D eigenvalue weighted by Crippen LogP contribution is -2.18. The van der Waals surface area contributed by atoms with Gasteiger partial charge in [0.15, 0.2) is 5.69 Å². The Morgan fingerprint density at radius 1 is 1.10 bits per heavy atom. The number of benzene rings is 1. The molecule has 2 heterocycles. The summed E-state index contributed by atoms with van der Waals surface area (Å²) >= 11 is 0. The number of rotatable bonds is 4. The Labute approximate surface area is 120 Å². The van der Waals surface area contributed by atoms with Gasteiger partial charge in [-0.1, -0.05) is 43.7 Å². The van der Waals surface area contributed by atoms with Crippen LogP contribution in [-0.4, -0.2) is 4.57 Å². The molecule has 0 spiro atoms. The van der Waals surface area contributed by atoms with Crippen LogP contribution >= 0.6 is 0 Å². The Hall–Kier alpha value is -2.09. The molecule has 1 aromatic carbocycles. The lowest BCUT2D eigenvalue weighted by atomic mass is 10.1. The van der Waals surface area contributed by atoms with E-state index in [2.05, 4.69) is 77.7 Å². The summed E-state index contributed by atoms with van der Waals surface area (Å²) < 4.78 is 4.66. The predicted molar refractivity (Wildman–Crippen MR) is 82.7 cm³/mol. The first-order valence-corrected chi connectivity index (χ1v) is 7.36. The highest BCUT2D eigenvalue weighted by Crippen LogP contribution is 2.21. The van der Waals surface area contributed by atoms with Crippen LogP contribution in [0.25, 0.3) is 16.9 Å². The minimum absolute atomic E-state index is 1.07.